The summed E-state index contributed by atoms with van der Waals surface area (Å²) in [5.41, 5.74) is 9.62. The first kappa shape index (κ1) is 18.3. The molecule has 0 unspecified atom stereocenters. The minimum atomic E-state index is -0.477. The van der Waals surface area contributed by atoms with Crippen LogP contribution in [0.1, 0.15) is 21.5 Å². The van der Waals surface area contributed by atoms with Crippen molar-refractivity contribution < 1.29 is 14.3 Å². The fourth-order valence-corrected chi connectivity index (χ4v) is 3.11. The van der Waals surface area contributed by atoms with E-state index in [4.69, 9.17) is 10.5 Å². The molecule has 2 amide bonds. The lowest BCUT2D eigenvalue weighted by Crippen LogP contribution is -2.35. The van der Waals surface area contributed by atoms with Crippen molar-refractivity contribution in [1.29, 1.82) is 0 Å². The van der Waals surface area contributed by atoms with Crippen molar-refractivity contribution in [3.05, 3.63) is 96.1 Å². The highest BCUT2D eigenvalue weighted by Gasteiger charge is 2.28. The first-order chi connectivity index (χ1) is 14.0. The molecule has 0 aromatic heterocycles. The van der Waals surface area contributed by atoms with Crippen molar-refractivity contribution in [2.24, 2.45) is 0 Å². The molecule has 3 aromatic carbocycles. The summed E-state index contributed by atoms with van der Waals surface area (Å²) >= 11 is 0. The lowest BCUT2D eigenvalue weighted by atomic mass is 10.1. The minimum Gasteiger partial charge on any atom is -0.409 e. The van der Waals surface area contributed by atoms with E-state index in [2.05, 4.69) is 11.9 Å². The Bertz CT molecular complexity index is 1110. The Morgan fingerprint density at radius 1 is 1.00 bits per heavy atom. The van der Waals surface area contributed by atoms with Crippen molar-refractivity contribution in [2.75, 3.05) is 11.1 Å². The highest BCUT2D eigenvalue weighted by Crippen LogP contribution is 2.33. The van der Waals surface area contributed by atoms with Gasteiger partial charge in [-0.25, -0.2) is 4.79 Å². The first-order valence-corrected chi connectivity index (χ1v) is 9.05. The third kappa shape index (κ3) is 3.68. The number of rotatable bonds is 4. The number of carbonyl (C=O) groups excluding carboxylic acids is 2. The molecule has 3 N–H and O–H groups in total. The maximum Gasteiger partial charge on any atom is 0.420 e. The van der Waals surface area contributed by atoms with Gasteiger partial charge in [-0.15, -0.1) is 0 Å². The quantitative estimate of drug-likeness (QED) is 0.647. The molecule has 0 bridgehead atoms. The zero-order chi connectivity index (χ0) is 20.4. The molecule has 0 atom stereocenters. The van der Waals surface area contributed by atoms with E-state index in [1.807, 2.05) is 18.2 Å². The third-order valence-electron chi connectivity index (χ3n) is 4.71. The molecule has 1 aliphatic rings. The summed E-state index contributed by atoms with van der Waals surface area (Å²) in [6.07, 6.45) is -0.477. The number of carbonyl (C=O) groups is 2. The zero-order valence-corrected chi connectivity index (χ0v) is 15.6. The molecular formula is C23H19N3O3. The van der Waals surface area contributed by atoms with Crippen LogP contribution in [0, 0.1) is 0 Å². The fraction of sp³-hybridized carbons (Fsp3) is 0.0435. The van der Waals surface area contributed by atoms with Gasteiger partial charge in [-0.2, -0.15) is 0 Å². The van der Waals surface area contributed by atoms with Gasteiger partial charge < -0.3 is 15.8 Å². The van der Waals surface area contributed by atoms with Crippen molar-refractivity contribution in [3.8, 4) is 5.75 Å². The second-order valence-electron chi connectivity index (χ2n) is 6.64. The van der Waals surface area contributed by atoms with Crippen LogP contribution in [0.5, 0.6) is 5.75 Å². The zero-order valence-electron chi connectivity index (χ0n) is 15.6. The highest BCUT2D eigenvalue weighted by atomic mass is 16.6. The number of hydrogen-bond donors (Lipinski definition) is 2. The molecule has 0 spiro atoms. The summed E-state index contributed by atoms with van der Waals surface area (Å²) in [7, 11) is 0. The van der Waals surface area contributed by atoms with Crippen LogP contribution in [-0.4, -0.2) is 16.9 Å². The van der Waals surface area contributed by atoms with Gasteiger partial charge in [0.05, 0.1) is 23.6 Å². The highest BCUT2D eigenvalue weighted by molar-refractivity contribution is 6.05. The van der Waals surface area contributed by atoms with Gasteiger partial charge in [-0.1, -0.05) is 43.0 Å². The smallest absolute Gasteiger partial charge is 0.409 e. The molecule has 6 heteroatoms. The summed E-state index contributed by atoms with van der Waals surface area (Å²) in [4.78, 5) is 26.3. The van der Waals surface area contributed by atoms with E-state index >= 15 is 0 Å². The van der Waals surface area contributed by atoms with Crippen LogP contribution >= 0.6 is 0 Å². The summed E-state index contributed by atoms with van der Waals surface area (Å²) in [5.74, 6) is 0.246. The van der Waals surface area contributed by atoms with Crippen LogP contribution < -0.4 is 15.8 Å². The number of nitrogen functional groups attached to an aromatic ring is 1. The van der Waals surface area contributed by atoms with Crippen molar-refractivity contribution in [3.63, 3.8) is 0 Å². The number of hydrogen-bond acceptors (Lipinski definition) is 4. The monoisotopic (exact) mass is 385 g/mol. The van der Waals surface area contributed by atoms with Crippen LogP contribution in [0.25, 0.3) is 5.70 Å². The summed E-state index contributed by atoms with van der Waals surface area (Å²) < 4.78 is 5.38. The second kappa shape index (κ2) is 7.52. The van der Waals surface area contributed by atoms with Crippen molar-refractivity contribution in [2.45, 2.75) is 6.54 Å². The molecule has 0 fully saturated rings. The molecule has 4 rings (SSSR count). The van der Waals surface area contributed by atoms with E-state index in [1.54, 1.807) is 54.6 Å². The molecule has 0 aliphatic carbocycles. The van der Waals surface area contributed by atoms with E-state index in [0.717, 1.165) is 11.1 Å². The number of benzene rings is 3. The molecule has 0 saturated carbocycles. The summed E-state index contributed by atoms with van der Waals surface area (Å²) in [6.45, 7) is 4.32. The minimum absolute atomic E-state index is 0.259. The SMILES string of the molecule is C=C1c2ccccc2OC(=O)N1Cc1ccc(C(=O)Nc2ccccc2N)cc1. The standard InChI is InChI=1S/C23H19N3O3/c1-15-18-6-2-5-9-21(18)29-23(28)26(15)14-16-10-12-17(13-11-16)22(27)25-20-8-4-3-7-19(20)24/h2-13H,1,14,24H2,(H,25,27). The molecule has 29 heavy (non-hydrogen) atoms. The number of nitrogens with zero attached hydrogens (tertiary/aromatic N) is 1. The molecule has 0 radical (unpaired) electrons. The van der Waals surface area contributed by atoms with Gasteiger partial charge in [0.1, 0.15) is 5.75 Å². The van der Waals surface area contributed by atoms with E-state index in [-0.39, 0.29) is 5.91 Å². The van der Waals surface area contributed by atoms with Gasteiger partial charge in [0.25, 0.3) is 5.91 Å². The molecule has 6 nitrogen and oxygen atoms in total. The van der Waals surface area contributed by atoms with Gasteiger partial charge in [0.2, 0.25) is 0 Å². The van der Waals surface area contributed by atoms with Crippen LogP contribution in [0.15, 0.2) is 79.4 Å². The third-order valence-corrected chi connectivity index (χ3v) is 4.71. The Labute approximate surface area is 168 Å². The summed E-state index contributed by atoms with van der Waals surface area (Å²) in [5, 5.41) is 2.79. The number of nitrogens with two attached hydrogens (primary N) is 1. The fourth-order valence-electron chi connectivity index (χ4n) is 3.11. The van der Waals surface area contributed by atoms with Gasteiger partial charge in [0.15, 0.2) is 0 Å². The predicted octanol–water partition coefficient (Wildman–Crippen LogP) is 4.51. The molecule has 3 aromatic rings. The lowest BCUT2D eigenvalue weighted by molar-refractivity contribution is 0.102. The van der Waals surface area contributed by atoms with Gasteiger partial charge in [-0.05, 0) is 42.0 Å². The van der Waals surface area contributed by atoms with Crippen LogP contribution in [0.2, 0.25) is 0 Å². The number of amides is 2. The van der Waals surface area contributed by atoms with E-state index in [9.17, 15) is 9.59 Å². The van der Waals surface area contributed by atoms with Crippen LogP contribution in [0.4, 0.5) is 16.2 Å². The number of fused-ring (bicyclic) bond motifs is 1. The Hall–Kier alpha value is -4.06. The van der Waals surface area contributed by atoms with Gasteiger partial charge in [-0.3, -0.25) is 9.69 Å². The maximum atomic E-state index is 12.4. The largest absolute Gasteiger partial charge is 0.420 e. The summed E-state index contributed by atoms with van der Waals surface area (Å²) in [6, 6.07) is 21.3. The van der Waals surface area contributed by atoms with Crippen LogP contribution in [0.3, 0.4) is 0 Å². The average molecular weight is 385 g/mol. The van der Waals surface area contributed by atoms with Crippen molar-refractivity contribution in [1.82, 2.24) is 4.90 Å². The number of nitrogens with one attached hydrogen (secondary N) is 1. The normalized spacial score (nSPS) is 12.9. The number of para-hydroxylation sites is 3. The molecule has 1 heterocycles. The Balaban J connectivity index is 1.47. The molecule has 144 valence electrons. The van der Waals surface area contributed by atoms with Crippen molar-refractivity contribution >= 4 is 29.1 Å². The molecule has 1 aliphatic heterocycles. The first-order valence-electron chi connectivity index (χ1n) is 9.05. The van der Waals surface area contributed by atoms with E-state index in [0.29, 0.717) is 34.9 Å². The maximum absolute atomic E-state index is 12.4. The van der Waals surface area contributed by atoms with Crippen LogP contribution in [-0.2, 0) is 6.54 Å². The lowest BCUT2D eigenvalue weighted by Gasteiger charge is -2.29. The van der Waals surface area contributed by atoms with E-state index in [1.165, 1.54) is 4.90 Å². The Kier molecular flexibility index (Phi) is 4.75. The number of anilines is 2. The average Bonchev–Trinajstić information content (AvgIpc) is 2.73. The van der Waals surface area contributed by atoms with Gasteiger partial charge >= 0.3 is 6.09 Å². The Morgan fingerprint density at radius 3 is 2.45 bits per heavy atom. The van der Waals surface area contributed by atoms with Gasteiger partial charge in [0, 0.05) is 11.1 Å². The molecule has 0 saturated heterocycles. The number of ether oxygens (including phenoxy) is 1. The Morgan fingerprint density at radius 2 is 1.69 bits per heavy atom. The second-order valence-corrected chi connectivity index (χ2v) is 6.64. The topological polar surface area (TPSA) is 84.7 Å². The molecular weight excluding hydrogens is 366 g/mol. The van der Waals surface area contributed by atoms with E-state index < -0.39 is 6.09 Å². The predicted molar refractivity (Wildman–Crippen MR) is 112 cm³/mol.